The smallest absolute Gasteiger partial charge is 0.306 e. The van der Waals surface area contributed by atoms with Gasteiger partial charge in [0.1, 0.15) is 5.82 Å². The van der Waals surface area contributed by atoms with E-state index in [0.717, 1.165) is 18.4 Å². The van der Waals surface area contributed by atoms with Crippen LogP contribution in [0.3, 0.4) is 0 Å². The molecule has 2 aromatic rings. The number of halogens is 1. The van der Waals surface area contributed by atoms with Crippen LogP contribution in [0.2, 0.25) is 0 Å². The summed E-state index contributed by atoms with van der Waals surface area (Å²) in [6, 6.07) is 2.02. The second-order valence-corrected chi connectivity index (χ2v) is 8.19. The van der Waals surface area contributed by atoms with Gasteiger partial charge in [0.15, 0.2) is 15.6 Å². The van der Waals surface area contributed by atoms with E-state index < -0.39 is 33.5 Å². The maximum atomic E-state index is 13.9. The molecule has 0 bridgehead atoms. The number of aromatic nitrogens is 1. The highest BCUT2D eigenvalue weighted by Gasteiger charge is 2.36. The number of benzene rings is 1. The Hall–Kier alpha value is -2.22. The van der Waals surface area contributed by atoms with Crippen LogP contribution in [-0.4, -0.2) is 36.5 Å². The number of ketones is 1. The molecule has 0 spiro atoms. The molecular formula is C16H16FNO5S. The lowest BCUT2D eigenvalue weighted by atomic mass is 9.79. The number of hydrogen-bond donors (Lipinski definition) is 2. The summed E-state index contributed by atoms with van der Waals surface area (Å²) in [7, 11) is -3.72. The Bertz CT molecular complexity index is 976. The topological polar surface area (TPSA) is 104 Å². The molecule has 1 heterocycles. The number of rotatable bonds is 3. The molecule has 0 saturated heterocycles. The Morgan fingerprint density at radius 1 is 1.42 bits per heavy atom. The quantitative estimate of drug-likeness (QED) is 0.882. The Balaban J connectivity index is 2.37. The minimum absolute atomic E-state index is 0.146. The van der Waals surface area contributed by atoms with Crippen LogP contribution in [0.5, 0.6) is 0 Å². The zero-order valence-electron chi connectivity index (χ0n) is 13.1. The molecule has 128 valence electrons. The molecule has 2 atom stereocenters. The summed E-state index contributed by atoms with van der Waals surface area (Å²) in [4.78, 5) is 26.3. The summed E-state index contributed by atoms with van der Waals surface area (Å²) in [5, 5.41) is 9.47. The summed E-state index contributed by atoms with van der Waals surface area (Å²) in [6.45, 7) is 1.54. The Morgan fingerprint density at radius 3 is 2.67 bits per heavy atom. The van der Waals surface area contributed by atoms with Gasteiger partial charge in [0.05, 0.1) is 16.3 Å². The van der Waals surface area contributed by atoms with E-state index in [1.807, 2.05) is 0 Å². The molecule has 1 unspecified atom stereocenters. The number of carbonyl (C=O) groups is 2. The summed E-state index contributed by atoms with van der Waals surface area (Å²) < 4.78 is 37.8. The second kappa shape index (κ2) is 5.41. The third-order valence-electron chi connectivity index (χ3n) is 4.59. The van der Waals surface area contributed by atoms with Crippen molar-refractivity contribution in [3.8, 4) is 0 Å². The van der Waals surface area contributed by atoms with Crippen molar-refractivity contribution in [2.24, 2.45) is 5.92 Å². The number of hydrogen-bond acceptors (Lipinski definition) is 4. The van der Waals surface area contributed by atoms with E-state index in [0.29, 0.717) is 12.1 Å². The molecule has 8 heteroatoms. The van der Waals surface area contributed by atoms with Gasteiger partial charge in [-0.25, -0.2) is 12.8 Å². The van der Waals surface area contributed by atoms with Gasteiger partial charge in [-0.2, -0.15) is 0 Å². The predicted molar refractivity (Wildman–Crippen MR) is 84.5 cm³/mol. The standard InChI is InChI=1S/C16H16FNO5S/c1-7(16(20)21)9-3-4-11(19)13-10-5-8(17)6-12(24(2,22)23)14(10)18-15(9)13/h5-7,9,18H,3-4H2,1-2H3,(H,20,21)/t7?,9-/m1/s1. The fourth-order valence-electron chi connectivity index (χ4n) is 3.35. The molecule has 3 rings (SSSR count). The number of aromatic amines is 1. The molecule has 1 aliphatic rings. The van der Waals surface area contributed by atoms with Crippen molar-refractivity contribution in [1.29, 1.82) is 0 Å². The first kappa shape index (κ1) is 16.6. The minimum atomic E-state index is -3.72. The van der Waals surface area contributed by atoms with Gasteiger partial charge < -0.3 is 10.1 Å². The summed E-state index contributed by atoms with van der Waals surface area (Å²) in [6.07, 6.45) is 1.45. The third-order valence-corrected chi connectivity index (χ3v) is 5.71. The van der Waals surface area contributed by atoms with Crippen LogP contribution in [0.25, 0.3) is 10.9 Å². The van der Waals surface area contributed by atoms with Crippen molar-refractivity contribution in [3.63, 3.8) is 0 Å². The van der Waals surface area contributed by atoms with Gasteiger partial charge in [0.2, 0.25) is 0 Å². The molecule has 0 fully saturated rings. The van der Waals surface area contributed by atoms with Crippen molar-refractivity contribution >= 4 is 32.5 Å². The maximum Gasteiger partial charge on any atom is 0.306 e. The van der Waals surface area contributed by atoms with Crippen LogP contribution in [0.15, 0.2) is 17.0 Å². The molecule has 1 aromatic heterocycles. The Kier molecular flexibility index (Phi) is 3.75. The number of Topliss-reactive ketones (excluding diaryl/α,β-unsaturated/α-hetero) is 1. The SMILES string of the molecule is CC(C(=O)O)[C@H]1CCC(=O)c2c1[nH]c1c(S(C)(=O)=O)cc(F)cc21. The van der Waals surface area contributed by atoms with Gasteiger partial charge in [0, 0.05) is 35.2 Å². The summed E-state index contributed by atoms with van der Waals surface area (Å²) >= 11 is 0. The lowest BCUT2D eigenvalue weighted by molar-refractivity contribution is -0.142. The van der Waals surface area contributed by atoms with Crippen molar-refractivity contribution < 1.29 is 27.5 Å². The first-order valence-corrected chi connectivity index (χ1v) is 9.31. The zero-order valence-corrected chi connectivity index (χ0v) is 13.9. The summed E-state index contributed by atoms with van der Waals surface area (Å²) in [5.74, 6) is -3.22. The molecule has 0 saturated carbocycles. The molecule has 24 heavy (non-hydrogen) atoms. The lowest BCUT2D eigenvalue weighted by Gasteiger charge is -2.24. The molecule has 0 aliphatic heterocycles. The van der Waals surface area contributed by atoms with Crippen LogP contribution >= 0.6 is 0 Å². The minimum Gasteiger partial charge on any atom is -0.481 e. The molecular weight excluding hydrogens is 337 g/mol. The number of H-pyrrole nitrogens is 1. The number of carbonyl (C=O) groups excluding carboxylic acids is 1. The van der Waals surface area contributed by atoms with E-state index in [1.165, 1.54) is 6.92 Å². The van der Waals surface area contributed by atoms with E-state index in [4.69, 9.17) is 0 Å². The Labute approximate surface area is 137 Å². The molecule has 1 aliphatic carbocycles. The highest BCUT2D eigenvalue weighted by molar-refractivity contribution is 7.91. The molecule has 0 amide bonds. The molecule has 1 aromatic carbocycles. The van der Waals surface area contributed by atoms with E-state index in [1.54, 1.807) is 0 Å². The van der Waals surface area contributed by atoms with E-state index in [2.05, 4.69) is 4.98 Å². The van der Waals surface area contributed by atoms with Gasteiger partial charge in [-0.15, -0.1) is 0 Å². The molecule has 0 radical (unpaired) electrons. The average molecular weight is 353 g/mol. The first-order chi connectivity index (χ1) is 11.1. The first-order valence-electron chi connectivity index (χ1n) is 7.42. The highest BCUT2D eigenvalue weighted by Crippen LogP contribution is 2.41. The number of aliphatic carboxylic acids is 1. The average Bonchev–Trinajstić information content (AvgIpc) is 2.84. The number of sulfone groups is 1. The van der Waals surface area contributed by atoms with Crippen LogP contribution in [-0.2, 0) is 14.6 Å². The van der Waals surface area contributed by atoms with E-state index >= 15 is 0 Å². The highest BCUT2D eigenvalue weighted by atomic mass is 32.2. The number of nitrogens with one attached hydrogen (secondary N) is 1. The fourth-order valence-corrected chi connectivity index (χ4v) is 4.21. The number of carboxylic acids is 1. The van der Waals surface area contributed by atoms with Crippen LogP contribution in [0.4, 0.5) is 4.39 Å². The van der Waals surface area contributed by atoms with Crippen LogP contribution in [0.1, 0.15) is 41.7 Å². The van der Waals surface area contributed by atoms with Gasteiger partial charge >= 0.3 is 5.97 Å². The van der Waals surface area contributed by atoms with Crippen molar-refractivity contribution in [2.45, 2.75) is 30.6 Å². The van der Waals surface area contributed by atoms with Gasteiger partial charge in [0.25, 0.3) is 0 Å². The van der Waals surface area contributed by atoms with E-state index in [9.17, 15) is 27.5 Å². The largest absolute Gasteiger partial charge is 0.481 e. The monoisotopic (exact) mass is 353 g/mol. The molecule has 6 nitrogen and oxygen atoms in total. The number of carboxylic acid groups (broad SMARTS) is 1. The van der Waals surface area contributed by atoms with E-state index in [-0.39, 0.29) is 33.6 Å². The second-order valence-electron chi connectivity index (χ2n) is 6.21. The lowest BCUT2D eigenvalue weighted by Crippen LogP contribution is -2.25. The normalized spacial score (nSPS) is 19.3. The van der Waals surface area contributed by atoms with Gasteiger partial charge in [-0.3, -0.25) is 9.59 Å². The third kappa shape index (κ3) is 2.50. The predicted octanol–water partition coefficient (Wildman–Crippen LogP) is 2.49. The van der Waals surface area contributed by atoms with Crippen molar-refractivity contribution in [1.82, 2.24) is 4.98 Å². The molecule has 2 N–H and O–H groups in total. The maximum absolute atomic E-state index is 13.9. The fraction of sp³-hybridized carbons (Fsp3) is 0.375. The van der Waals surface area contributed by atoms with Gasteiger partial charge in [-0.1, -0.05) is 6.92 Å². The van der Waals surface area contributed by atoms with Crippen molar-refractivity contribution in [2.75, 3.05) is 6.26 Å². The van der Waals surface area contributed by atoms with Crippen LogP contribution in [0, 0.1) is 11.7 Å². The zero-order chi connectivity index (χ0) is 17.8. The van der Waals surface area contributed by atoms with Crippen LogP contribution < -0.4 is 0 Å². The van der Waals surface area contributed by atoms with Gasteiger partial charge in [-0.05, 0) is 18.6 Å². The van der Waals surface area contributed by atoms with Crippen molar-refractivity contribution in [3.05, 3.63) is 29.2 Å². The Morgan fingerprint density at radius 2 is 2.08 bits per heavy atom. The number of fused-ring (bicyclic) bond motifs is 3. The summed E-state index contributed by atoms with van der Waals surface area (Å²) in [5.41, 5.74) is 0.743.